The molecule has 2 heterocycles. The topological polar surface area (TPSA) is 59.8 Å². The maximum absolute atomic E-state index is 11.9. The Balaban J connectivity index is 1.63. The van der Waals surface area contributed by atoms with Crippen molar-refractivity contribution in [1.82, 2.24) is 14.8 Å². The molecule has 0 unspecified atom stereocenters. The highest BCUT2D eigenvalue weighted by Crippen LogP contribution is 2.24. The summed E-state index contributed by atoms with van der Waals surface area (Å²) in [5.41, 5.74) is 1.60. The zero-order valence-corrected chi connectivity index (χ0v) is 14.3. The van der Waals surface area contributed by atoms with Crippen molar-refractivity contribution in [3.05, 3.63) is 58.8 Å². The van der Waals surface area contributed by atoms with Gasteiger partial charge in [-0.05, 0) is 36.5 Å². The molecule has 8 heteroatoms. The van der Waals surface area contributed by atoms with Gasteiger partial charge < -0.3 is 5.32 Å². The number of amides is 1. The number of nitrogens with zero attached hydrogens (tertiary/aromatic N) is 3. The number of aromatic nitrogens is 3. The molecule has 0 saturated heterocycles. The quantitative estimate of drug-likeness (QED) is 0.554. The number of pyridine rings is 1. The van der Waals surface area contributed by atoms with Crippen LogP contribution in [0, 0.1) is 3.95 Å². The molecule has 3 rings (SSSR count). The summed E-state index contributed by atoms with van der Waals surface area (Å²) in [5.74, 6) is 0.168. The molecule has 1 N–H and O–H groups in total. The average Bonchev–Trinajstić information content (AvgIpc) is 2.96. The lowest BCUT2D eigenvalue weighted by Crippen LogP contribution is -2.14. The minimum absolute atomic E-state index is 0.102. The Morgan fingerprint density at radius 2 is 2.09 bits per heavy atom. The van der Waals surface area contributed by atoms with Gasteiger partial charge in [-0.3, -0.25) is 9.78 Å². The zero-order valence-electron chi connectivity index (χ0n) is 11.9. The molecule has 2 aromatic heterocycles. The lowest BCUT2D eigenvalue weighted by atomic mass is 10.3. The van der Waals surface area contributed by atoms with Crippen LogP contribution in [0.25, 0.3) is 5.69 Å². The van der Waals surface area contributed by atoms with Crippen molar-refractivity contribution in [2.24, 2.45) is 0 Å². The van der Waals surface area contributed by atoms with Gasteiger partial charge in [-0.15, -0.1) is 5.10 Å². The van der Waals surface area contributed by atoms with Crippen LogP contribution in [-0.4, -0.2) is 26.4 Å². The van der Waals surface area contributed by atoms with Gasteiger partial charge in [-0.2, -0.15) is 0 Å². The summed E-state index contributed by atoms with van der Waals surface area (Å²) in [6.07, 6.45) is 3.27. The van der Waals surface area contributed by atoms with E-state index in [1.54, 1.807) is 29.2 Å². The molecule has 0 fully saturated rings. The molecule has 0 radical (unpaired) electrons. The first-order chi connectivity index (χ1) is 11.2. The number of thioether (sulfide) groups is 1. The van der Waals surface area contributed by atoms with Crippen LogP contribution < -0.4 is 5.32 Å². The van der Waals surface area contributed by atoms with Crippen molar-refractivity contribution in [1.29, 1.82) is 0 Å². The van der Waals surface area contributed by atoms with E-state index < -0.39 is 0 Å². The van der Waals surface area contributed by atoms with Crippen LogP contribution in [0.4, 0.5) is 5.69 Å². The lowest BCUT2D eigenvalue weighted by molar-refractivity contribution is -0.113. The van der Waals surface area contributed by atoms with Gasteiger partial charge in [0.05, 0.1) is 23.3 Å². The van der Waals surface area contributed by atoms with Crippen molar-refractivity contribution >= 4 is 46.9 Å². The maximum Gasteiger partial charge on any atom is 0.234 e. The molecule has 5 nitrogen and oxygen atoms in total. The summed E-state index contributed by atoms with van der Waals surface area (Å²) in [7, 11) is 0. The first kappa shape index (κ1) is 15.9. The van der Waals surface area contributed by atoms with E-state index in [0.717, 1.165) is 10.0 Å². The molecule has 0 atom stereocenters. The predicted octanol–water partition coefficient (Wildman–Crippen LogP) is 3.79. The van der Waals surface area contributed by atoms with E-state index in [1.165, 1.54) is 23.1 Å². The fourth-order valence-corrected chi connectivity index (χ4v) is 3.97. The number of nitrogens with one attached hydrogen (secondary N) is 1. The van der Waals surface area contributed by atoms with Gasteiger partial charge >= 0.3 is 0 Å². The van der Waals surface area contributed by atoms with Gasteiger partial charge in [0, 0.05) is 6.20 Å². The van der Waals surface area contributed by atoms with Gasteiger partial charge in [0.2, 0.25) is 5.91 Å². The van der Waals surface area contributed by atoms with E-state index in [9.17, 15) is 4.79 Å². The van der Waals surface area contributed by atoms with E-state index >= 15 is 0 Å². The number of anilines is 1. The molecule has 0 spiro atoms. The van der Waals surface area contributed by atoms with E-state index in [1.807, 2.05) is 30.3 Å². The number of hydrogen-bond donors (Lipinski definition) is 1. The van der Waals surface area contributed by atoms with E-state index in [4.69, 9.17) is 12.2 Å². The fraction of sp³-hybridized carbons (Fsp3) is 0.0667. The second-order valence-electron chi connectivity index (χ2n) is 4.46. The summed E-state index contributed by atoms with van der Waals surface area (Å²) in [4.78, 5) is 15.9. The molecule has 0 aliphatic carbocycles. The Kier molecular flexibility index (Phi) is 5.16. The standard InChI is InChI=1S/C15H12N4OS3/c20-13(17-11-5-4-8-16-9-11)10-22-14-18-19(15(21)23-14)12-6-2-1-3-7-12/h1-9H,10H2,(H,17,20). The molecule has 0 aliphatic heterocycles. The minimum Gasteiger partial charge on any atom is -0.324 e. The van der Waals surface area contributed by atoms with Crippen LogP contribution in [-0.2, 0) is 4.79 Å². The van der Waals surface area contributed by atoms with Gasteiger partial charge in [-0.25, -0.2) is 4.68 Å². The zero-order chi connectivity index (χ0) is 16.1. The average molecular weight is 360 g/mol. The summed E-state index contributed by atoms with van der Waals surface area (Å²) < 4.78 is 3.13. The van der Waals surface area contributed by atoms with Gasteiger partial charge in [0.15, 0.2) is 8.29 Å². The van der Waals surface area contributed by atoms with Crippen molar-refractivity contribution in [2.75, 3.05) is 11.1 Å². The monoisotopic (exact) mass is 360 g/mol. The van der Waals surface area contributed by atoms with Gasteiger partial charge in [-0.1, -0.05) is 41.3 Å². The Morgan fingerprint density at radius 1 is 1.26 bits per heavy atom. The molecule has 0 bridgehead atoms. The first-order valence-corrected chi connectivity index (χ1v) is 8.92. The van der Waals surface area contributed by atoms with Gasteiger partial charge in [0.25, 0.3) is 0 Å². The van der Waals surface area contributed by atoms with E-state index in [-0.39, 0.29) is 11.7 Å². The highest BCUT2D eigenvalue weighted by molar-refractivity contribution is 8.01. The Hall–Kier alpha value is -2.03. The first-order valence-electron chi connectivity index (χ1n) is 6.70. The second kappa shape index (κ2) is 7.49. The van der Waals surface area contributed by atoms with Crippen molar-refractivity contribution in [3.63, 3.8) is 0 Å². The molecular formula is C15H12N4OS3. The smallest absolute Gasteiger partial charge is 0.234 e. The number of carbonyl (C=O) groups is 1. The summed E-state index contributed by atoms with van der Waals surface area (Å²) in [6.45, 7) is 0. The lowest BCUT2D eigenvalue weighted by Gasteiger charge is -2.02. The van der Waals surface area contributed by atoms with Crippen LogP contribution in [0.15, 0.2) is 59.2 Å². The molecule has 23 heavy (non-hydrogen) atoms. The Morgan fingerprint density at radius 3 is 2.83 bits per heavy atom. The number of carbonyl (C=O) groups excluding carboxylic acids is 1. The van der Waals surface area contributed by atoms with Crippen LogP contribution >= 0.6 is 35.3 Å². The number of para-hydroxylation sites is 1. The fourth-order valence-electron chi connectivity index (χ4n) is 1.81. The molecule has 1 amide bonds. The van der Waals surface area contributed by atoms with Crippen LogP contribution in [0.5, 0.6) is 0 Å². The molecule has 0 aliphatic rings. The van der Waals surface area contributed by atoms with Gasteiger partial charge in [0.1, 0.15) is 0 Å². The number of hydrogen-bond acceptors (Lipinski definition) is 6. The largest absolute Gasteiger partial charge is 0.324 e. The molecule has 116 valence electrons. The third kappa shape index (κ3) is 4.25. The summed E-state index contributed by atoms with van der Waals surface area (Å²) in [5, 5.41) is 7.25. The molecule has 1 aromatic carbocycles. The van der Waals surface area contributed by atoms with Crippen molar-refractivity contribution in [3.8, 4) is 5.69 Å². The normalized spacial score (nSPS) is 10.4. The predicted molar refractivity (Wildman–Crippen MR) is 95.9 cm³/mol. The Bertz CT molecular complexity index is 846. The number of rotatable bonds is 5. The Labute approximate surface area is 146 Å². The van der Waals surface area contributed by atoms with E-state index in [2.05, 4.69) is 15.4 Å². The highest BCUT2D eigenvalue weighted by atomic mass is 32.2. The van der Waals surface area contributed by atoms with Crippen LogP contribution in [0.2, 0.25) is 0 Å². The third-order valence-electron chi connectivity index (χ3n) is 2.80. The van der Waals surface area contributed by atoms with Crippen molar-refractivity contribution < 1.29 is 4.79 Å². The second-order valence-corrected chi connectivity index (χ2v) is 7.30. The summed E-state index contributed by atoms with van der Waals surface area (Å²) >= 11 is 8.10. The molecule has 3 aromatic rings. The molecular weight excluding hydrogens is 348 g/mol. The molecule has 0 saturated carbocycles. The maximum atomic E-state index is 11.9. The van der Waals surface area contributed by atoms with Crippen LogP contribution in [0.1, 0.15) is 0 Å². The van der Waals surface area contributed by atoms with Crippen LogP contribution in [0.3, 0.4) is 0 Å². The third-order valence-corrected chi connectivity index (χ3v) is 5.17. The highest BCUT2D eigenvalue weighted by Gasteiger charge is 2.09. The summed E-state index contributed by atoms with van der Waals surface area (Å²) in [6, 6.07) is 13.3. The van der Waals surface area contributed by atoms with Crippen molar-refractivity contribution in [2.45, 2.75) is 4.34 Å². The SMILES string of the molecule is O=C(CSc1nn(-c2ccccc2)c(=S)s1)Nc1cccnc1. The minimum atomic E-state index is -0.102. The van der Waals surface area contributed by atoms with E-state index in [0.29, 0.717) is 9.64 Å². The number of benzene rings is 1.